The number of hydrogen-bond acceptors (Lipinski definition) is 3. The van der Waals surface area contributed by atoms with Crippen LogP contribution >= 0.6 is 0 Å². The minimum atomic E-state index is 0.0662. The Labute approximate surface area is 188 Å². The topological polar surface area (TPSA) is 35.5 Å². The first kappa shape index (κ1) is 23.4. The Morgan fingerprint density at radius 3 is 2.13 bits per heavy atom. The molecule has 1 aliphatic carbocycles. The smallest absolute Gasteiger partial charge is 0.150 e. The summed E-state index contributed by atoms with van der Waals surface area (Å²) in [5.41, 5.74) is 4.63. The fourth-order valence-corrected chi connectivity index (χ4v) is 3.68. The van der Waals surface area contributed by atoms with Gasteiger partial charge in [0, 0.05) is 11.6 Å². The van der Waals surface area contributed by atoms with Gasteiger partial charge in [0.2, 0.25) is 0 Å². The van der Waals surface area contributed by atoms with E-state index in [1.807, 2.05) is 6.07 Å². The Balaban J connectivity index is 1.87. The third-order valence-corrected chi connectivity index (χ3v) is 7.00. The van der Waals surface area contributed by atoms with E-state index in [-0.39, 0.29) is 10.8 Å². The van der Waals surface area contributed by atoms with Gasteiger partial charge in [-0.15, -0.1) is 0 Å². The summed E-state index contributed by atoms with van der Waals surface area (Å²) in [5.74, 6) is 2.05. The molecule has 0 unspecified atom stereocenters. The van der Waals surface area contributed by atoms with Crippen molar-refractivity contribution in [3.8, 4) is 11.5 Å². The number of carbonyl (C=O) groups excluding carboxylic acids is 1. The quantitative estimate of drug-likeness (QED) is 0.358. The SMILES string of the molecule is CCC(C)(C)c1ccc(C(C)(C)CC)c(COc2cc(C=O)cc(OCC3CC3)c2)c1. The van der Waals surface area contributed by atoms with Crippen LogP contribution in [-0.4, -0.2) is 12.9 Å². The van der Waals surface area contributed by atoms with E-state index in [1.165, 1.54) is 29.5 Å². The van der Waals surface area contributed by atoms with E-state index in [0.717, 1.165) is 19.1 Å². The van der Waals surface area contributed by atoms with Crippen LogP contribution in [0.3, 0.4) is 0 Å². The van der Waals surface area contributed by atoms with E-state index < -0.39 is 0 Å². The minimum absolute atomic E-state index is 0.0662. The maximum Gasteiger partial charge on any atom is 0.150 e. The number of ether oxygens (including phenoxy) is 2. The summed E-state index contributed by atoms with van der Waals surface area (Å²) in [4.78, 5) is 11.4. The lowest BCUT2D eigenvalue weighted by atomic mass is 9.76. The van der Waals surface area contributed by atoms with Crippen LogP contribution in [0.1, 0.15) is 94.3 Å². The highest BCUT2D eigenvalue weighted by molar-refractivity contribution is 5.76. The molecule has 31 heavy (non-hydrogen) atoms. The second-order valence-corrected chi connectivity index (χ2v) is 10.2. The molecule has 1 fully saturated rings. The van der Waals surface area contributed by atoms with Gasteiger partial charge >= 0.3 is 0 Å². The summed E-state index contributed by atoms with van der Waals surface area (Å²) in [6.07, 6.45) is 5.45. The highest BCUT2D eigenvalue weighted by atomic mass is 16.5. The van der Waals surface area contributed by atoms with Gasteiger partial charge in [0.15, 0.2) is 0 Å². The fraction of sp³-hybridized carbons (Fsp3) is 0.536. The van der Waals surface area contributed by atoms with E-state index in [0.29, 0.717) is 36.2 Å². The number of hydrogen-bond donors (Lipinski definition) is 0. The molecule has 168 valence electrons. The average Bonchev–Trinajstić information content (AvgIpc) is 3.60. The van der Waals surface area contributed by atoms with Gasteiger partial charge in [0.05, 0.1) is 6.61 Å². The molecule has 0 amide bonds. The molecule has 2 aromatic rings. The van der Waals surface area contributed by atoms with Crippen molar-refractivity contribution in [1.29, 1.82) is 0 Å². The van der Waals surface area contributed by atoms with E-state index in [4.69, 9.17) is 9.47 Å². The minimum Gasteiger partial charge on any atom is -0.493 e. The molecular formula is C28H38O3. The standard InChI is InChI=1S/C28H38O3/c1-7-27(3,4)23-11-12-26(28(5,6)8-2)22(15-23)19-31-25-14-21(17-29)13-24(16-25)30-18-20-9-10-20/h11-17,20H,7-10,18-19H2,1-6H3. The summed E-state index contributed by atoms with van der Waals surface area (Å²) in [6, 6.07) is 12.3. The number of rotatable bonds is 11. The van der Waals surface area contributed by atoms with Crippen molar-refractivity contribution < 1.29 is 14.3 Å². The molecule has 0 saturated heterocycles. The van der Waals surface area contributed by atoms with E-state index >= 15 is 0 Å². The van der Waals surface area contributed by atoms with Crippen LogP contribution in [0.5, 0.6) is 11.5 Å². The van der Waals surface area contributed by atoms with Gasteiger partial charge in [0.25, 0.3) is 0 Å². The van der Waals surface area contributed by atoms with Crippen LogP contribution in [-0.2, 0) is 17.4 Å². The van der Waals surface area contributed by atoms with Crippen molar-refractivity contribution in [3.05, 3.63) is 58.7 Å². The molecule has 1 aliphatic rings. The van der Waals surface area contributed by atoms with Crippen molar-refractivity contribution in [3.63, 3.8) is 0 Å². The average molecular weight is 423 g/mol. The fourth-order valence-electron chi connectivity index (χ4n) is 3.68. The zero-order valence-electron chi connectivity index (χ0n) is 20.1. The van der Waals surface area contributed by atoms with Gasteiger partial charge in [-0.2, -0.15) is 0 Å². The Hall–Kier alpha value is -2.29. The summed E-state index contributed by atoms with van der Waals surface area (Å²) in [5, 5.41) is 0. The van der Waals surface area contributed by atoms with Crippen molar-refractivity contribution in [2.75, 3.05) is 6.61 Å². The van der Waals surface area contributed by atoms with Crippen LogP contribution in [0.15, 0.2) is 36.4 Å². The van der Waals surface area contributed by atoms with Gasteiger partial charge in [-0.3, -0.25) is 4.79 Å². The lowest BCUT2D eigenvalue weighted by Gasteiger charge is -2.30. The molecular weight excluding hydrogens is 384 g/mol. The van der Waals surface area contributed by atoms with Gasteiger partial charge in [-0.25, -0.2) is 0 Å². The van der Waals surface area contributed by atoms with Gasteiger partial charge in [-0.05, 0) is 71.3 Å². The Morgan fingerprint density at radius 1 is 0.903 bits per heavy atom. The number of aldehydes is 1. The van der Waals surface area contributed by atoms with E-state index in [2.05, 4.69) is 59.7 Å². The van der Waals surface area contributed by atoms with Crippen LogP contribution in [0.4, 0.5) is 0 Å². The number of benzene rings is 2. The highest BCUT2D eigenvalue weighted by Gasteiger charge is 2.25. The summed E-state index contributed by atoms with van der Waals surface area (Å²) in [6.45, 7) is 14.8. The third-order valence-electron chi connectivity index (χ3n) is 7.00. The lowest BCUT2D eigenvalue weighted by Crippen LogP contribution is -2.21. The molecule has 0 radical (unpaired) electrons. The highest BCUT2D eigenvalue weighted by Crippen LogP contribution is 2.35. The summed E-state index contributed by atoms with van der Waals surface area (Å²) < 4.78 is 12.1. The van der Waals surface area contributed by atoms with Crippen LogP contribution in [0, 0.1) is 5.92 Å². The Bertz CT molecular complexity index is 906. The molecule has 3 rings (SSSR count). The first-order chi connectivity index (χ1) is 14.7. The van der Waals surface area contributed by atoms with Crippen LogP contribution < -0.4 is 9.47 Å². The molecule has 2 aromatic carbocycles. The first-order valence-corrected chi connectivity index (χ1v) is 11.7. The molecule has 0 N–H and O–H groups in total. The molecule has 0 bridgehead atoms. The molecule has 0 heterocycles. The van der Waals surface area contributed by atoms with Gasteiger partial charge in [-0.1, -0.05) is 59.7 Å². The van der Waals surface area contributed by atoms with Crippen LogP contribution in [0.25, 0.3) is 0 Å². The van der Waals surface area contributed by atoms with Crippen molar-refractivity contribution in [2.45, 2.75) is 84.7 Å². The van der Waals surface area contributed by atoms with E-state index in [1.54, 1.807) is 12.1 Å². The monoisotopic (exact) mass is 422 g/mol. The van der Waals surface area contributed by atoms with E-state index in [9.17, 15) is 4.79 Å². The predicted octanol–water partition coefficient (Wildman–Crippen LogP) is 7.24. The molecule has 0 atom stereocenters. The maximum absolute atomic E-state index is 11.4. The zero-order valence-corrected chi connectivity index (χ0v) is 20.1. The molecule has 0 aromatic heterocycles. The van der Waals surface area contributed by atoms with Crippen molar-refractivity contribution in [2.24, 2.45) is 5.92 Å². The Morgan fingerprint density at radius 2 is 1.55 bits per heavy atom. The second kappa shape index (κ2) is 9.46. The van der Waals surface area contributed by atoms with Crippen LogP contribution in [0.2, 0.25) is 0 Å². The number of carbonyl (C=O) groups is 1. The molecule has 3 nitrogen and oxygen atoms in total. The van der Waals surface area contributed by atoms with Crippen molar-refractivity contribution in [1.82, 2.24) is 0 Å². The lowest BCUT2D eigenvalue weighted by molar-refractivity contribution is 0.112. The largest absolute Gasteiger partial charge is 0.493 e. The maximum atomic E-state index is 11.4. The van der Waals surface area contributed by atoms with Crippen molar-refractivity contribution >= 4 is 6.29 Å². The summed E-state index contributed by atoms with van der Waals surface area (Å²) >= 11 is 0. The summed E-state index contributed by atoms with van der Waals surface area (Å²) in [7, 11) is 0. The zero-order chi connectivity index (χ0) is 22.6. The molecule has 0 aliphatic heterocycles. The third kappa shape index (κ3) is 5.90. The normalized spacial score (nSPS) is 14.4. The Kier molecular flexibility index (Phi) is 7.13. The first-order valence-electron chi connectivity index (χ1n) is 11.7. The van der Waals surface area contributed by atoms with Gasteiger partial charge < -0.3 is 9.47 Å². The predicted molar refractivity (Wildman–Crippen MR) is 127 cm³/mol. The molecule has 3 heteroatoms. The van der Waals surface area contributed by atoms with Gasteiger partial charge in [0.1, 0.15) is 24.4 Å². The second-order valence-electron chi connectivity index (χ2n) is 10.2. The molecule has 0 spiro atoms. The molecule has 1 saturated carbocycles.